The SMILES string of the molecule is CCC(=O)NC(=S)Nc1ccc(C)cc1[N+](=O)[O-]. The maximum atomic E-state index is 11.1. The van der Waals surface area contributed by atoms with Crippen LogP contribution in [0.5, 0.6) is 0 Å². The molecular formula is C11H13N3O3S. The molecule has 0 saturated carbocycles. The second-order valence-corrected chi connectivity index (χ2v) is 4.04. The largest absolute Gasteiger partial charge is 0.327 e. The first-order chi connectivity index (χ1) is 8.43. The number of benzene rings is 1. The summed E-state index contributed by atoms with van der Waals surface area (Å²) in [5.41, 5.74) is 0.950. The first kappa shape index (κ1) is 14.0. The molecule has 1 aromatic rings. The fourth-order valence-electron chi connectivity index (χ4n) is 1.27. The molecule has 6 nitrogen and oxygen atoms in total. The van der Waals surface area contributed by atoms with Crippen molar-refractivity contribution in [3.63, 3.8) is 0 Å². The molecule has 1 aromatic carbocycles. The lowest BCUT2D eigenvalue weighted by Crippen LogP contribution is -2.33. The predicted octanol–water partition coefficient (Wildman–Crippen LogP) is 2.13. The number of hydrogen-bond donors (Lipinski definition) is 2. The molecule has 0 radical (unpaired) electrons. The third kappa shape index (κ3) is 3.77. The summed E-state index contributed by atoms with van der Waals surface area (Å²) in [7, 11) is 0. The van der Waals surface area contributed by atoms with Gasteiger partial charge in [-0.1, -0.05) is 13.0 Å². The zero-order valence-corrected chi connectivity index (χ0v) is 10.8. The number of hydrogen-bond acceptors (Lipinski definition) is 4. The van der Waals surface area contributed by atoms with E-state index < -0.39 is 4.92 Å². The molecule has 0 aliphatic heterocycles. The molecule has 0 aromatic heterocycles. The van der Waals surface area contributed by atoms with Crippen molar-refractivity contribution in [3.8, 4) is 0 Å². The summed E-state index contributed by atoms with van der Waals surface area (Å²) in [6.07, 6.45) is 0.289. The lowest BCUT2D eigenvalue weighted by Gasteiger charge is -2.09. The molecule has 0 bridgehead atoms. The van der Waals surface area contributed by atoms with Crippen molar-refractivity contribution in [2.75, 3.05) is 5.32 Å². The number of carbonyl (C=O) groups is 1. The number of nitro groups is 1. The first-order valence-electron chi connectivity index (χ1n) is 5.30. The third-order valence-corrected chi connectivity index (χ3v) is 2.38. The third-order valence-electron chi connectivity index (χ3n) is 2.17. The molecule has 96 valence electrons. The quantitative estimate of drug-likeness (QED) is 0.498. The Kier molecular flexibility index (Phi) is 4.73. The van der Waals surface area contributed by atoms with E-state index in [-0.39, 0.29) is 28.8 Å². The van der Waals surface area contributed by atoms with Gasteiger partial charge in [-0.05, 0) is 30.8 Å². The van der Waals surface area contributed by atoms with Crippen LogP contribution in [0, 0.1) is 17.0 Å². The molecule has 0 aliphatic rings. The zero-order valence-electron chi connectivity index (χ0n) is 10.0. The fourth-order valence-corrected chi connectivity index (χ4v) is 1.49. The van der Waals surface area contributed by atoms with E-state index in [1.165, 1.54) is 6.07 Å². The van der Waals surface area contributed by atoms with Crippen LogP contribution in [0.3, 0.4) is 0 Å². The van der Waals surface area contributed by atoms with Crippen molar-refractivity contribution in [2.24, 2.45) is 0 Å². The minimum Gasteiger partial charge on any atom is -0.327 e. The Hall–Kier alpha value is -2.02. The highest BCUT2D eigenvalue weighted by Gasteiger charge is 2.15. The van der Waals surface area contributed by atoms with Crippen LogP contribution in [0.1, 0.15) is 18.9 Å². The van der Waals surface area contributed by atoms with E-state index >= 15 is 0 Å². The number of rotatable bonds is 3. The van der Waals surface area contributed by atoms with Gasteiger partial charge in [0, 0.05) is 12.5 Å². The van der Waals surface area contributed by atoms with Crippen LogP contribution in [0.2, 0.25) is 0 Å². The van der Waals surface area contributed by atoms with Crippen molar-refractivity contribution >= 4 is 34.6 Å². The monoisotopic (exact) mass is 267 g/mol. The Balaban J connectivity index is 2.87. The molecular weight excluding hydrogens is 254 g/mol. The topological polar surface area (TPSA) is 84.3 Å². The maximum absolute atomic E-state index is 11.1. The van der Waals surface area contributed by atoms with Crippen molar-refractivity contribution in [2.45, 2.75) is 20.3 Å². The smallest absolute Gasteiger partial charge is 0.292 e. The minimum absolute atomic E-state index is 0.0498. The lowest BCUT2D eigenvalue weighted by molar-refractivity contribution is -0.383. The van der Waals surface area contributed by atoms with Crippen LogP contribution in [0.25, 0.3) is 0 Å². The Bertz CT molecular complexity index is 502. The molecule has 18 heavy (non-hydrogen) atoms. The van der Waals surface area contributed by atoms with Gasteiger partial charge in [0.15, 0.2) is 5.11 Å². The molecule has 0 spiro atoms. The Labute approximate surface area is 110 Å². The van der Waals surface area contributed by atoms with Gasteiger partial charge in [-0.15, -0.1) is 0 Å². The van der Waals surface area contributed by atoms with Crippen LogP contribution >= 0.6 is 12.2 Å². The van der Waals surface area contributed by atoms with Crippen LogP contribution in [0.15, 0.2) is 18.2 Å². The predicted molar refractivity (Wildman–Crippen MR) is 72.5 cm³/mol. The second-order valence-electron chi connectivity index (χ2n) is 3.63. The van der Waals surface area contributed by atoms with E-state index in [9.17, 15) is 14.9 Å². The van der Waals surface area contributed by atoms with Crippen molar-refractivity contribution in [1.82, 2.24) is 5.32 Å². The van der Waals surface area contributed by atoms with Crippen LogP contribution in [-0.4, -0.2) is 15.9 Å². The average Bonchev–Trinajstić information content (AvgIpc) is 2.30. The Morgan fingerprint density at radius 1 is 1.50 bits per heavy atom. The maximum Gasteiger partial charge on any atom is 0.292 e. The summed E-state index contributed by atoms with van der Waals surface area (Å²) in [6, 6.07) is 4.71. The van der Waals surface area contributed by atoms with Gasteiger partial charge in [-0.3, -0.25) is 14.9 Å². The number of nitrogens with zero attached hydrogens (tertiary/aromatic N) is 1. The minimum atomic E-state index is -0.500. The normalized spacial score (nSPS) is 9.67. The number of anilines is 1. The van der Waals surface area contributed by atoms with Crippen LogP contribution < -0.4 is 10.6 Å². The fraction of sp³-hybridized carbons (Fsp3) is 0.273. The van der Waals surface area contributed by atoms with Gasteiger partial charge in [0.05, 0.1) is 4.92 Å². The van der Waals surface area contributed by atoms with E-state index in [0.717, 1.165) is 5.56 Å². The van der Waals surface area contributed by atoms with Crippen molar-refractivity contribution in [1.29, 1.82) is 0 Å². The van der Waals surface area contributed by atoms with Crippen LogP contribution in [-0.2, 0) is 4.79 Å². The number of aryl methyl sites for hydroxylation is 1. The number of carbonyl (C=O) groups excluding carboxylic acids is 1. The number of nitrogens with one attached hydrogen (secondary N) is 2. The van der Waals surface area contributed by atoms with E-state index in [2.05, 4.69) is 10.6 Å². The molecule has 1 rings (SSSR count). The van der Waals surface area contributed by atoms with Gasteiger partial charge < -0.3 is 10.6 Å². The molecule has 7 heteroatoms. The molecule has 0 fully saturated rings. The first-order valence-corrected chi connectivity index (χ1v) is 5.70. The molecule has 0 aliphatic carbocycles. The summed E-state index contributed by atoms with van der Waals surface area (Å²) >= 11 is 4.89. The lowest BCUT2D eigenvalue weighted by atomic mass is 10.2. The molecule has 0 unspecified atom stereocenters. The van der Waals surface area contributed by atoms with E-state index in [0.29, 0.717) is 0 Å². The molecule has 0 atom stereocenters. The second kappa shape index (κ2) is 6.06. The van der Waals surface area contributed by atoms with Gasteiger partial charge >= 0.3 is 0 Å². The van der Waals surface area contributed by atoms with Crippen molar-refractivity contribution < 1.29 is 9.72 Å². The van der Waals surface area contributed by atoms with Gasteiger partial charge in [0.25, 0.3) is 5.69 Å². The van der Waals surface area contributed by atoms with Gasteiger partial charge in [-0.2, -0.15) is 0 Å². The summed E-state index contributed by atoms with van der Waals surface area (Å²) < 4.78 is 0. The summed E-state index contributed by atoms with van der Waals surface area (Å²) in [5.74, 6) is -0.248. The van der Waals surface area contributed by atoms with Crippen LogP contribution in [0.4, 0.5) is 11.4 Å². The Morgan fingerprint density at radius 2 is 2.17 bits per heavy atom. The average molecular weight is 267 g/mol. The van der Waals surface area contributed by atoms with Gasteiger partial charge in [-0.25, -0.2) is 0 Å². The number of nitro benzene ring substituents is 1. The van der Waals surface area contributed by atoms with Gasteiger partial charge in [0.2, 0.25) is 5.91 Å². The zero-order chi connectivity index (χ0) is 13.7. The standard InChI is InChI=1S/C11H13N3O3S/c1-3-10(15)13-11(18)12-8-5-4-7(2)6-9(8)14(16)17/h4-6H,3H2,1-2H3,(H2,12,13,15,18). The van der Waals surface area contributed by atoms with E-state index in [4.69, 9.17) is 12.2 Å². The highest BCUT2D eigenvalue weighted by atomic mass is 32.1. The Morgan fingerprint density at radius 3 is 2.72 bits per heavy atom. The summed E-state index contributed by atoms with van der Waals surface area (Å²) in [6.45, 7) is 3.44. The summed E-state index contributed by atoms with van der Waals surface area (Å²) in [5, 5.41) is 16.0. The number of thiocarbonyl (C=S) groups is 1. The van der Waals surface area contributed by atoms with E-state index in [1.807, 2.05) is 0 Å². The highest BCUT2D eigenvalue weighted by molar-refractivity contribution is 7.80. The van der Waals surface area contributed by atoms with Gasteiger partial charge in [0.1, 0.15) is 5.69 Å². The molecule has 1 amide bonds. The molecule has 2 N–H and O–H groups in total. The molecule has 0 heterocycles. The number of amides is 1. The van der Waals surface area contributed by atoms with Crippen molar-refractivity contribution in [3.05, 3.63) is 33.9 Å². The van der Waals surface area contributed by atoms with E-state index in [1.54, 1.807) is 26.0 Å². The summed E-state index contributed by atoms with van der Waals surface area (Å²) in [4.78, 5) is 21.5. The molecule has 0 saturated heterocycles. The highest BCUT2D eigenvalue weighted by Crippen LogP contribution is 2.25.